The Kier molecular flexibility index (Phi) is 6.63. The summed E-state index contributed by atoms with van der Waals surface area (Å²) in [6, 6.07) is 29.8. The van der Waals surface area contributed by atoms with Crippen molar-refractivity contribution in [3.05, 3.63) is 122 Å². The Morgan fingerprint density at radius 2 is 1.55 bits per heavy atom. The van der Waals surface area contributed by atoms with Crippen LogP contribution >= 0.6 is 11.3 Å². The van der Waals surface area contributed by atoms with Crippen molar-refractivity contribution in [2.45, 2.75) is 13.0 Å². The molecule has 4 rings (SSSR count). The number of carbonyl (C=O) groups is 1. The molecule has 0 saturated heterocycles. The van der Waals surface area contributed by atoms with E-state index in [9.17, 15) is 14.9 Å². The number of nitrogens with one attached hydrogen (secondary N) is 1. The monoisotopic (exact) mass is 451 g/mol. The van der Waals surface area contributed by atoms with Crippen LogP contribution in [0.15, 0.2) is 95.8 Å². The van der Waals surface area contributed by atoms with Crippen LogP contribution in [0, 0.1) is 11.3 Å². The third-order valence-corrected chi connectivity index (χ3v) is 6.23. The van der Waals surface area contributed by atoms with Gasteiger partial charge in [0.15, 0.2) is 5.57 Å². The molecule has 1 aromatic heterocycles. The van der Waals surface area contributed by atoms with E-state index >= 15 is 0 Å². The Bertz CT molecular complexity index is 1480. The lowest BCUT2D eigenvalue weighted by Gasteiger charge is -2.13. The summed E-state index contributed by atoms with van der Waals surface area (Å²) in [6.07, 6.45) is 1.77. The first-order valence-electron chi connectivity index (χ1n) is 10.4. The average molecular weight is 452 g/mol. The molecule has 162 valence electrons. The van der Waals surface area contributed by atoms with Crippen LogP contribution in [0.4, 0.5) is 0 Å². The van der Waals surface area contributed by atoms with Crippen molar-refractivity contribution < 1.29 is 4.79 Å². The number of para-hydroxylation sites is 1. The first-order valence-corrected chi connectivity index (χ1v) is 11.2. The van der Waals surface area contributed by atoms with Crippen molar-refractivity contribution in [2.75, 3.05) is 0 Å². The number of aromatic nitrogens is 1. The van der Waals surface area contributed by atoms with Crippen molar-refractivity contribution >= 4 is 28.9 Å². The van der Waals surface area contributed by atoms with Gasteiger partial charge < -0.3 is 5.32 Å². The lowest BCUT2D eigenvalue weighted by Crippen LogP contribution is -2.34. The van der Waals surface area contributed by atoms with E-state index in [1.165, 1.54) is 4.57 Å². The molecule has 0 aliphatic carbocycles. The zero-order chi connectivity index (χ0) is 23.2. The Morgan fingerprint density at radius 1 is 0.970 bits per heavy atom. The normalized spacial score (nSPS) is 13.2. The number of thiazole rings is 1. The summed E-state index contributed by atoms with van der Waals surface area (Å²) in [7, 11) is 0. The molecule has 0 radical (unpaired) electrons. The van der Waals surface area contributed by atoms with Gasteiger partial charge >= 0.3 is 0 Å². The van der Waals surface area contributed by atoms with E-state index in [1.54, 1.807) is 18.2 Å². The lowest BCUT2D eigenvalue weighted by atomic mass is 10.1. The van der Waals surface area contributed by atoms with Gasteiger partial charge in [-0.25, -0.2) is 0 Å². The molecule has 33 heavy (non-hydrogen) atoms. The van der Waals surface area contributed by atoms with E-state index in [0.717, 1.165) is 22.5 Å². The first-order chi connectivity index (χ1) is 16.1. The van der Waals surface area contributed by atoms with Crippen molar-refractivity contribution in [1.29, 1.82) is 5.26 Å². The lowest BCUT2D eigenvalue weighted by molar-refractivity contribution is -0.116. The molecule has 1 N–H and O–H groups in total. The predicted molar refractivity (Wildman–Crippen MR) is 131 cm³/mol. The van der Waals surface area contributed by atoms with Gasteiger partial charge in [0.1, 0.15) is 10.7 Å². The quantitative estimate of drug-likeness (QED) is 0.506. The van der Waals surface area contributed by atoms with Gasteiger partial charge in [0.2, 0.25) is 0 Å². The Balaban J connectivity index is 1.89. The second-order valence-corrected chi connectivity index (χ2v) is 8.43. The average Bonchev–Trinajstić information content (AvgIpc) is 3.16. The van der Waals surface area contributed by atoms with Gasteiger partial charge in [0.25, 0.3) is 11.5 Å². The van der Waals surface area contributed by atoms with E-state index < -0.39 is 5.91 Å². The van der Waals surface area contributed by atoms with E-state index in [0.29, 0.717) is 14.9 Å². The third-order valence-electron chi connectivity index (χ3n) is 5.14. The zero-order valence-corrected chi connectivity index (χ0v) is 18.8. The first kappa shape index (κ1) is 22.0. The largest absolute Gasteiger partial charge is 0.345 e. The molecule has 0 saturated carbocycles. The number of hydrogen-bond donors (Lipinski definition) is 1. The van der Waals surface area contributed by atoms with Gasteiger partial charge in [-0.3, -0.25) is 14.2 Å². The van der Waals surface area contributed by atoms with Gasteiger partial charge in [-0.2, -0.15) is 5.26 Å². The molecule has 5 nitrogen and oxygen atoms in total. The number of carbonyl (C=O) groups excluding carboxylic acids is 1. The van der Waals surface area contributed by atoms with Crippen LogP contribution in [0.3, 0.4) is 0 Å². The minimum absolute atomic E-state index is 0.101. The smallest absolute Gasteiger partial charge is 0.273 e. The maximum absolute atomic E-state index is 13.4. The summed E-state index contributed by atoms with van der Waals surface area (Å²) in [5.74, 6) is -0.522. The molecule has 4 aromatic rings. The summed E-state index contributed by atoms with van der Waals surface area (Å²) in [5, 5.41) is 12.8. The fourth-order valence-corrected chi connectivity index (χ4v) is 4.55. The molecule has 0 aliphatic rings. The maximum Gasteiger partial charge on any atom is 0.273 e. The highest BCUT2D eigenvalue weighted by Crippen LogP contribution is 2.12. The highest BCUT2D eigenvalue weighted by atomic mass is 32.1. The minimum atomic E-state index is -0.522. The molecule has 1 heterocycles. The Hall–Kier alpha value is -4.21. The predicted octanol–water partition coefficient (Wildman–Crippen LogP) is 3.28. The molecule has 0 aliphatic heterocycles. The number of nitrogens with zero attached hydrogens (tertiary/aromatic N) is 2. The Morgan fingerprint density at radius 3 is 2.15 bits per heavy atom. The molecule has 0 unspecified atom stereocenters. The van der Waals surface area contributed by atoms with Crippen LogP contribution in [0.5, 0.6) is 0 Å². The van der Waals surface area contributed by atoms with E-state index in [-0.39, 0.29) is 17.2 Å². The van der Waals surface area contributed by atoms with Crippen LogP contribution in [0.1, 0.15) is 24.1 Å². The van der Waals surface area contributed by atoms with Gasteiger partial charge in [0, 0.05) is 0 Å². The van der Waals surface area contributed by atoms with Gasteiger partial charge in [-0.15, -0.1) is 11.3 Å². The SMILES string of the molecule is C[C@H](NC(=O)/C(C#N)=c1\s/c(=C/c2ccccc2)c(=O)n1-c1ccccc1)c1ccccc1. The van der Waals surface area contributed by atoms with Crippen molar-refractivity contribution in [3.8, 4) is 11.8 Å². The molecule has 0 spiro atoms. The van der Waals surface area contributed by atoms with Gasteiger partial charge in [-0.05, 0) is 36.3 Å². The third kappa shape index (κ3) is 4.84. The number of amides is 1. The van der Waals surface area contributed by atoms with Gasteiger partial charge in [-0.1, -0.05) is 78.9 Å². The van der Waals surface area contributed by atoms with Crippen LogP contribution < -0.4 is 20.1 Å². The fraction of sp³-hybridized carbons (Fsp3) is 0.0741. The van der Waals surface area contributed by atoms with Crippen molar-refractivity contribution in [1.82, 2.24) is 9.88 Å². The molecule has 1 atom stereocenters. The highest BCUT2D eigenvalue weighted by Gasteiger charge is 2.19. The van der Waals surface area contributed by atoms with E-state index in [1.807, 2.05) is 91.9 Å². The number of nitriles is 1. The highest BCUT2D eigenvalue weighted by molar-refractivity contribution is 7.07. The summed E-state index contributed by atoms with van der Waals surface area (Å²) in [4.78, 5) is 26.5. The van der Waals surface area contributed by atoms with Crippen LogP contribution in [-0.4, -0.2) is 10.5 Å². The van der Waals surface area contributed by atoms with Crippen LogP contribution in [0.2, 0.25) is 0 Å². The van der Waals surface area contributed by atoms with Gasteiger partial charge in [0.05, 0.1) is 16.3 Å². The summed E-state index contributed by atoms with van der Waals surface area (Å²) in [6.45, 7) is 1.86. The molecule has 6 heteroatoms. The summed E-state index contributed by atoms with van der Waals surface area (Å²) < 4.78 is 2.18. The molecule has 1 amide bonds. The molecular weight excluding hydrogens is 430 g/mol. The fourth-order valence-electron chi connectivity index (χ4n) is 3.45. The second kappa shape index (κ2) is 9.94. The minimum Gasteiger partial charge on any atom is -0.345 e. The van der Waals surface area contributed by atoms with Crippen LogP contribution in [-0.2, 0) is 4.79 Å². The molecule has 3 aromatic carbocycles. The Labute approximate surface area is 195 Å². The van der Waals surface area contributed by atoms with Crippen molar-refractivity contribution in [2.24, 2.45) is 0 Å². The topological polar surface area (TPSA) is 74.9 Å². The number of hydrogen-bond acceptors (Lipinski definition) is 4. The summed E-state index contributed by atoms with van der Waals surface area (Å²) in [5.41, 5.74) is 2.01. The number of rotatable bonds is 5. The molecular formula is C27H21N3O2S. The second-order valence-electron chi connectivity index (χ2n) is 7.40. The van der Waals surface area contributed by atoms with Crippen LogP contribution in [0.25, 0.3) is 17.3 Å². The van der Waals surface area contributed by atoms with Crippen molar-refractivity contribution in [3.63, 3.8) is 0 Å². The van der Waals surface area contributed by atoms with E-state index in [2.05, 4.69) is 5.32 Å². The van der Waals surface area contributed by atoms with E-state index in [4.69, 9.17) is 0 Å². The number of benzene rings is 3. The molecule has 0 bridgehead atoms. The summed E-state index contributed by atoms with van der Waals surface area (Å²) >= 11 is 1.13. The standard InChI is InChI=1S/C27H21N3O2S/c1-19(21-13-7-3-8-14-21)29-25(31)23(18-28)27-30(22-15-9-4-10-16-22)26(32)24(33-27)17-20-11-5-2-6-12-20/h2-17,19H,1H3,(H,29,31)/b24-17+,27-23-/t19-/m0/s1. The zero-order valence-electron chi connectivity index (χ0n) is 17.9. The molecule has 0 fully saturated rings. The maximum atomic E-state index is 13.4.